The van der Waals surface area contributed by atoms with Gasteiger partial charge in [0.2, 0.25) is 15.9 Å². The fourth-order valence-corrected chi connectivity index (χ4v) is 4.72. The van der Waals surface area contributed by atoms with E-state index in [9.17, 15) is 18.0 Å². The summed E-state index contributed by atoms with van der Waals surface area (Å²) in [6.07, 6.45) is 1.24. The first-order valence-electron chi connectivity index (χ1n) is 8.75. The van der Waals surface area contributed by atoms with E-state index in [2.05, 4.69) is 10.6 Å². The highest BCUT2D eigenvalue weighted by molar-refractivity contribution is 7.89. The average Bonchev–Trinajstić information content (AvgIpc) is 2.67. The van der Waals surface area contributed by atoms with Gasteiger partial charge in [-0.05, 0) is 31.0 Å². The zero-order valence-corrected chi connectivity index (χ0v) is 15.9. The van der Waals surface area contributed by atoms with Crippen molar-refractivity contribution >= 4 is 27.5 Å². The maximum Gasteiger partial charge on any atom is 0.262 e. The van der Waals surface area contributed by atoms with Crippen LogP contribution in [0.2, 0.25) is 0 Å². The number of nitrogens with zero attached hydrogens (tertiary/aromatic N) is 1. The Morgan fingerprint density at radius 3 is 3.04 bits per heavy atom. The molecule has 0 aromatic heterocycles. The Bertz CT molecular complexity index is 826. The Morgan fingerprint density at radius 2 is 2.26 bits per heavy atom. The molecule has 2 N–H and O–H groups in total. The fourth-order valence-electron chi connectivity index (χ4n) is 3.17. The van der Waals surface area contributed by atoms with Crippen molar-refractivity contribution in [3.8, 4) is 5.75 Å². The van der Waals surface area contributed by atoms with Crippen LogP contribution in [0, 0.1) is 5.92 Å². The Labute approximate surface area is 158 Å². The maximum absolute atomic E-state index is 13.0. The summed E-state index contributed by atoms with van der Waals surface area (Å²) in [6, 6.07) is 4.37. The molecule has 2 amide bonds. The SMILES string of the molecule is COCCNC(=O)[C@@H]1CCCN(S(=O)(=O)c2ccc3c(c2)NC(=O)CO3)C1. The summed E-state index contributed by atoms with van der Waals surface area (Å²) >= 11 is 0. The van der Waals surface area contributed by atoms with Crippen molar-refractivity contribution in [2.24, 2.45) is 5.92 Å². The number of fused-ring (bicyclic) bond motifs is 1. The Kier molecular flexibility index (Phi) is 5.98. The predicted octanol–water partition coefficient (Wildman–Crippen LogP) is 0.181. The van der Waals surface area contributed by atoms with Crippen LogP contribution in [-0.2, 0) is 24.3 Å². The van der Waals surface area contributed by atoms with Gasteiger partial charge in [0, 0.05) is 26.7 Å². The lowest BCUT2D eigenvalue weighted by molar-refractivity contribution is -0.126. The van der Waals surface area contributed by atoms with Gasteiger partial charge in [-0.3, -0.25) is 9.59 Å². The molecule has 1 fully saturated rings. The minimum Gasteiger partial charge on any atom is -0.482 e. The molecular weight excluding hydrogens is 374 g/mol. The average molecular weight is 397 g/mol. The van der Waals surface area contributed by atoms with Crippen molar-refractivity contribution in [1.82, 2.24) is 9.62 Å². The molecule has 27 heavy (non-hydrogen) atoms. The molecule has 0 radical (unpaired) electrons. The molecule has 2 aliphatic heterocycles. The van der Waals surface area contributed by atoms with Gasteiger partial charge in [0.1, 0.15) is 5.75 Å². The van der Waals surface area contributed by atoms with Crippen LogP contribution in [-0.4, -0.2) is 64.5 Å². The van der Waals surface area contributed by atoms with Crippen molar-refractivity contribution in [1.29, 1.82) is 0 Å². The van der Waals surface area contributed by atoms with Gasteiger partial charge in [-0.25, -0.2) is 8.42 Å². The first-order valence-corrected chi connectivity index (χ1v) is 10.2. The van der Waals surface area contributed by atoms with Crippen LogP contribution < -0.4 is 15.4 Å². The third kappa shape index (κ3) is 4.40. The summed E-state index contributed by atoms with van der Waals surface area (Å²) in [5.41, 5.74) is 0.332. The molecule has 0 spiro atoms. The molecule has 0 bridgehead atoms. The number of carbonyl (C=O) groups excluding carboxylic acids is 2. The fraction of sp³-hybridized carbons (Fsp3) is 0.529. The molecule has 2 aliphatic rings. The Hall–Kier alpha value is -2.17. The van der Waals surface area contributed by atoms with Crippen molar-refractivity contribution in [3.63, 3.8) is 0 Å². The second kappa shape index (κ2) is 8.24. The molecule has 1 saturated heterocycles. The molecule has 10 heteroatoms. The van der Waals surface area contributed by atoms with Gasteiger partial charge in [0.15, 0.2) is 6.61 Å². The molecule has 1 aromatic rings. The van der Waals surface area contributed by atoms with E-state index < -0.39 is 15.9 Å². The van der Waals surface area contributed by atoms with Gasteiger partial charge in [-0.2, -0.15) is 4.31 Å². The quantitative estimate of drug-likeness (QED) is 0.662. The van der Waals surface area contributed by atoms with Gasteiger partial charge in [-0.15, -0.1) is 0 Å². The number of hydrogen-bond acceptors (Lipinski definition) is 6. The van der Waals surface area contributed by atoms with E-state index in [0.717, 1.165) is 0 Å². The first-order chi connectivity index (χ1) is 12.9. The van der Waals surface area contributed by atoms with E-state index in [-0.39, 0.29) is 29.9 Å². The zero-order chi connectivity index (χ0) is 19.4. The van der Waals surface area contributed by atoms with Crippen molar-refractivity contribution in [3.05, 3.63) is 18.2 Å². The zero-order valence-electron chi connectivity index (χ0n) is 15.1. The molecule has 0 unspecified atom stereocenters. The summed E-state index contributed by atoms with van der Waals surface area (Å²) in [4.78, 5) is 23.8. The highest BCUT2D eigenvalue weighted by atomic mass is 32.2. The number of anilines is 1. The molecule has 3 rings (SSSR count). The number of amides is 2. The Balaban J connectivity index is 1.73. The number of benzene rings is 1. The lowest BCUT2D eigenvalue weighted by atomic mass is 9.99. The second-order valence-electron chi connectivity index (χ2n) is 6.48. The van der Waals surface area contributed by atoms with Crippen LogP contribution >= 0.6 is 0 Å². The standard InChI is InChI=1S/C17H23N3O6S/c1-25-8-6-18-17(22)12-3-2-7-20(10-12)27(23,24)13-4-5-15-14(9-13)19-16(21)11-26-15/h4-5,9,12H,2-3,6-8,10-11H2,1H3,(H,18,22)(H,19,21)/t12-/m1/s1. The third-order valence-electron chi connectivity index (χ3n) is 4.58. The van der Waals surface area contributed by atoms with Crippen LogP contribution in [0.5, 0.6) is 5.75 Å². The smallest absolute Gasteiger partial charge is 0.262 e. The monoisotopic (exact) mass is 397 g/mol. The van der Waals surface area contributed by atoms with E-state index in [1.807, 2.05) is 0 Å². The summed E-state index contributed by atoms with van der Waals surface area (Å²) < 4.78 is 37.5. The van der Waals surface area contributed by atoms with Crippen LogP contribution in [0.15, 0.2) is 23.1 Å². The van der Waals surface area contributed by atoms with Gasteiger partial charge in [0.05, 0.1) is 23.1 Å². The number of ether oxygens (including phenoxy) is 2. The maximum atomic E-state index is 13.0. The summed E-state index contributed by atoms with van der Waals surface area (Å²) in [5.74, 6) is -0.463. The number of hydrogen-bond donors (Lipinski definition) is 2. The minimum absolute atomic E-state index is 0.0625. The Morgan fingerprint density at radius 1 is 1.44 bits per heavy atom. The van der Waals surface area contributed by atoms with E-state index in [4.69, 9.17) is 9.47 Å². The summed E-state index contributed by atoms with van der Waals surface area (Å²) in [5, 5.41) is 5.37. The van der Waals surface area contributed by atoms with Crippen LogP contribution in [0.1, 0.15) is 12.8 Å². The number of sulfonamides is 1. The van der Waals surface area contributed by atoms with Crippen LogP contribution in [0.4, 0.5) is 5.69 Å². The van der Waals surface area contributed by atoms with Gasteiger partial charge in [-0.1, -0.05) is 0 Å². The molecule has 9 nitrogen and oxygen atoms in total. The molecular formula is C17H23N3O6S. The number of piperidine rings is 1. The van der Waals surface area contributed by atoms with E-state index in [1.54, 1.807) is 7.11 Å². The largest absolute Gasteiger partial charge is 0.482 e. The topological polar surface area (TPSA) is 114 Å². The van der Waals surface area contributed by atoms with Gasteiger partial charge >= 0.3 is 0 Å². The van der Waals surface area contributed by atoms with Crippen molar-refractivity contribution in [2.45, 2.75) is 17.7 Å². The lowest BCUT2D eigenvalue weighted by Gasteiger charge is -2.31. The lowest BCUT2D eigenvalue weighted by Crippen LogP contribution is -2.45. The molecule has 1 atom stereocenters. The van der Waals surface area contributed by atoms with E-state index in [0.29, 0.717) is 44.0 Å². The number of rotatable bonds is 6. The van der Waals surface area contributed by atoms with Crippen molar-refractivity contribution in [2.75, 3.05) is 45.3 Å². The van der Waals surface area contributed by atoms with Gasteiger partial charge in [0.25, 0.3) is 5.91 Å². The number of methoxy groups -OCH3 is 1. The van der Waals surface area contributed by atoms with Gasteiger partial charge < -0.3 is 20.1 Å². The third-order valence-corrected chi connectivity index (χ3v) is 6.44. The first kappa shape index (κ1) is 19.6. The van der Waals surface area contributed by atoms with E-state index >= 15 is 0 Å². The molecule has 2 heterocycles. The molecule has 0 saturated carbocycles. The highest BCUT2D eigenvalue weighted by Gasteiger charge is 2.34. The number of nitrogens with one attached hydrogen (secondary N) is 2. The summed E-state index contributed by atoms with van der Waals surface area (Å²) in [7, 11) is -2.23. The van der Waals surface area contributed by atoms with Crippen molar-refractivity contribution < 1.29 is 27.5 Å². The normalized spacial score (nSPS) is 20.3. The molecule has 148 valence electrons. The summed E-state index contributed by atoms with van der Waals surface area (Å²) in [6.45, 7) is 1.18. The number of carbonyl (C=O) groups is 2. The highest BCUT2D eigenvalue weighted by Crippen LogP contribution is 2.32. The van der Waals surface area contributed by atoms with Crippen LogP contribution in [0.25, 0.3) is 0 Å². The van der Waals surface area contributed by atoms with Crippen LogP contribution in [0.3, 0.4) is 0 Å². The molecule has 0 aliphatic carbocycles. The molecule has 1 aromatic carbocycles. The second-order valence-corrected chi connectivity index (χ2v) is 8.42. The predicted molar refractivity (Wildman–Crippen MR) is 96.9 cm³/mol. The minimum atomic E-state index is -3.78. The van der Waals surface area contributed by atoms with E-state index in [1.165, 1.54) is 22.5 Å².